The number of carbonyl (C=O) groups is 1. The number of fused-ring (bicyclic) bond motifs is 2. The van der Waals surface area contributed by atoms with Gasteiger partial charge in [-0.15, -0.1) is 11.3 Å². The van der Waals surface area contributed by atoms with Crippen LogP contribution in [0.15, 0.2) is 65.0 Å². The molecule has 0 saturated heterocycles. The Morgan fingerprint density at radius 3 is 2.68 bits per heavy atom. The van der Waals surface area contributed by atoms with Crippen molar-refractivity contribution in [2.75, 3.05) is 20.8 Å². The lowest BCUT2D eigenvalue weighted by Gasteiger charge is -2.37. The Hall–Kier alpha value is -3.65. The molecule has 0 fully saturated rings. The van der Waals surface area contributed by atoms with Crippen LogP contribution in [0.3, 0.4) is 0 Å². The highest BCUT2D eigenvalue weighted by Gasteiger charge is 2.33. The number of hydrogen-bond acceptors (Lipinski definition) is 6. The number of methoxy groups -OCH3 is 2. The van der Waals surface area contributed by atoms with Gasteiger partial charge in [-0.2, -0.15) is 0 Å². The molecular weight excluding hydrogens is 450 g/mol. The number of amides is 1. The Morgan fingerprint density at radius 1 is 1.12 bits per heavy atom. The number of benzene rings is 2. The molecule has 34 heavy (non-hydrogen) atoms. The highest BCUT2D eigenvalue weighted by Crippen LogP contribution is 2.42. The van der Waals surface area contributed by atoms with Crippen LogP contribution in [-0.4, -0.2) is 41.1 Å². The Balaban J connectivity index is 1.44. The zero-order valence-electron chi connectivity index (χ0n) is 19.1. The highest BCUT2D eigenvalue weighted by molar-refractivity contribution is 7.10. The Kier molecular flexibility index (Phi) is 6.06. The summed E-state index contributed by atoms with van der Waals surface area (Å²) in [5, 5.41) is 2.58. The lowest BCUT2D eigenvalue weighted by molar-refractivity contribution is -0.133. The second-order valence-electron chi connectivity index (χ2n) is 8.17. The maximum atomic E-state index is 13.5. The molecule has 1 atom stereocenters. The van der Waals surface area contributed by atoms with Crippen molar-refractivity contribution in [1.82, 2.24) is 14.5 Å². The summed E-state index contributed by atoms with van der Waals surface area (Å²) >= 11 is 1.62. The molecule has 0 N–H and O–H groups in total. The first-order valence-electron chi connectivity index (χ1n) is 11.1. The van der Waals surface area contributed by atoms with E-state index in [4.69, 9.17) is 9.47 Å². The molecule has 5 rings (SSSR count). The lowest BCUT2D eigenvalue weighted by atomic mass is 9.90. The molecule has 2 aromatic carbocycles. The molecule has 0 aliphatic carbocycles. The quantitative estimate of drug-likeness (QED) is 0.421. The van der Waals surface area contributed by atoms with Crippen LogP contribution < -0.4 is 15.0 Å². The number of hydrogen-bond donors (Lipinski definition) is 0. The van der Waals surface area contributed by atoms with E-state index in [-0.39, 0.29) is 30.5 Å². The molecule has 2 aromatic heterocycles. The predicted molar refractivity (Wildman–Crippen MR) is 132 cm³/mol. The Bertz CT molecular complexity index is 1400. The number of thiophene rings is 1. The molecule has 1 aliphatic heterocycles. The van der Waals surface area contributed by atoms with Gasteiger partial charge in [-0.3, -0.25) is 14.2 Å². The molecule has 7 nitrogen and oxygen atoms in total. The molecule has 1 aliphatic rings. The summed E-state index contributed by atoms with van der Waals surface area (Å²) in [4.78, 5) is 33.7. The molecule has 3 heterocycles. The fraction of sp³-hybridized carbons (Fsp3) is 0.269. The fourth-order valence-corrected chi connectivity index (χ4v) is 5.45. The van der Waals surface area contributed by atoms with E-state index in [0.717, 1.165) is 22.4 Å². The normalized spacial score (nSPS) is 15.2. The van der Waals surface area contributed by atoms with Gasteiger partial charge in [-0.1, -0.05) is 18.2 Å². The first kappa shape index (κ1) is 22.2. The number of aryl methyl sites for hydroxylation is 1. The van der Waals surface area contributed by atoms with E-state index in [1.807, 2.05) is 46.7 Å². The zero-order chi connectivity index (χ0) is 23.7. The summed E-state index contributed by atoms with van der Waals surface area (Å²) in [5.41, 5.74) is 2.72. The van der Waals surface area contributed by atoms with Gasteiger partial charge in [-0.25, -0.2) is 4.98 Å². The average molecular weight is 476 g/mol. The Morgan fingerprint density at radius 2 is 1.91 bits per heavy atom. The van der Waals surface area contributed by atoms with Gasteiger partial charge >= 0.3 is 0 Å². The summed E-state index contributed by atoms with van der Waals surface area (Å²) in [6, 6.07) is 15.1. The van der Waals surface area contributed by atoms with Crippen LogP contribution >= 0.6 is 11.3 Å². The SMILES string of the molecule is COc1cc2c(cc1OC)C(c1cccs1)N(C(=O)CCn1cnc3ccccc3c1=O)CC2. The van der Waals surface area contributed by atoms with Gasteiger partial charge in [0.25, 0.3) is 5.56 Å². The standard InChI is InChI=1S/C26H25N3O4S/c1-32-21-14-17-9-12-29(25(23-8-5-13-34-23)19(17)15-22(21)33-2)24(30)10-11-28-16-27-20-7-4-3-6-18(20)26(28)31/h3-8,13-16,25H,9-12H2,1-2H3. The van der Waals surface area contributed by atoms with Crippen molar-refractivity contribution in [2.45, 2.75) is 25.4 Å². The summed E-state index contributed by atoms with van der Waals surface area (Å²) in [5.74, 6) is 1.33. The first-order chi connectivity index (χ1) is 16.6. The van der Waals surface area contributed by atoms with Crippen molar-refractivity contribution in [3.05, 3.63) is 86.6 Å². The number of carbonyl (C=O) groups excluding carboxylic acids is 1. The van der Waals surface area contributed by atoms with Crippen molar-refractivity contribution in [2.24, 2.45) is 0 Å². The Labute approximate surface area is 201 Å². The maximum Gasteiger partial charge on any atom is 0.261 e. The number of aromatic nitrogens is 2. The predicted octanol–water partition coefficient (Wildman–Crippen LogP) is 4.04. The van der Waals surface area contributed by atoms with Gasteiger partial charge in [0.1, 0.15) is 0 Å². The fourth-order valence-electron chi connectivity index (χ4n) is 4.59. The van der Waals surface area contributed by atoms with Gasteiger partial charge in [-0.05, 0) is 53.3 Å². The lowest BCUT2D eigenvalue weighted by Crippen LogP contribution is -2.41. The molecule has 0 bridgehead atoms. The minimum Gasteiger partial charge on any atom is -0.493 e. The van der Waals surface area contributed by atoms with Crippen molar-refractivity contribution in [1.29, 1.82) is 0 Å². The van der Waals surface area contributed by atoms with E-state index in [2.05, 4.69) is 11.1 Å². The van der Waals surface area contributed by atoms with Crippen LogP contribution in [0.25, 0.3) is 10.9 Å². The zero-order valence-corrected chi connectivity index (χ0v) is 19.9. The first-order valence-corrected chi connectivity index (χ1v) is 12.0. The second kappa shape index (κ2) is 9.30. The van der Waals surface area contributed by atoms with Crippen LogP contribution in [-0.2, 0) is 17.8 Å². The smallest absolute Gasteiger partial charge is 0.261 e. The van der Waals surface area contributed by atoms with Crippen LogP contribution in [0.5, 0.6) is 11.5 Å². The molecule has 4 aromatic rings. The molecule has 1 amide bonds. The third-order valence-electron chi connectivity index (χ3n) is 6.30. The van der Waals surface area contributed by atoms with E-state index >= 15 is 0 Å². The van der Waals surface area contributed by atoms with Gasteiger partial charge in [0.2, 0.25) is 5.91 Å². The summed E-state index contributed by atoms with van der Waals surface area (Å²) in [6.45, 7) is 0.872. The van der Waals surface area contributed by atoms with Crippen molar-refractivity contribution in [3.63, 3.8) is 0 Å². The van der Waals surface area contributed by atoms with Crippen LogP contribution in [0.1, 0.15) is 28.5 Å². The number of ether oxygens (including phenoxy) is 2. The third kappa shape index (κ3) is 3.94. The van der Waals surface area contributed by atoms with E-state index in [0.29, 0.717) is 28.9 Å². The molecular formula is C26H25N3O4S. The van der Waals surface area contributed by atoms with Gasteiger partial charge < -0.3 is 14.4 Å². The summed E-state index contributed by atoms with van der Waals surface area (Å²) in [7, 11) is 3.24. The van der Waals surface area contributed by atoms with Gasteiger partial charge in [0, 0.05) is 24.4 Å². The molecule has 0 radical (unpaired) electrons. The van der Waals surface area contributed by atoms with Crippen molar-refractivity contribution < 1.29 is 14.3 Å². The second-order valence-corrected chi connectivity index (χ2v) is 9.15. The molecule has 8 heteroatoms. The molecule has 1 unspecified atom stereocenters. The summed E-state index contributed by atoms with van der Waals surface area (Å²) < 4.78 is 12.6. The minimum atomic E-state index is -0.206. The topological polar surface area (TPSA) is 73.7 Å². The molecule has 0 saturated carbocycles. The minimum absolute atomic E-state index is 0.00102. The summed E-state index contributed by atoms with van der Waals surface area (Å²) in [6.07, 6.45) is 2.46. The third-order valence-corrected chi connectivity index (χ3v) is 7.23. The number of nitrogens with zero attached hydrogens (tertiary/aromatic N) is 3. The maximum absolute atomic E-state index is 13.5. The van der Waals surface area contributed by atoms with Crippen LogP contribution in [0.2, 0.25) is 0 Å². The van der Waals surface area contributed by atoms with E-state index in [9.17, 15) is 9.59 Å². The van der Waals surface area contributed by atoms with Crippen LogP contribution in [0, 0.1) is 0 Å². The van der Waals surface area contributed by atoms with E-state index < -0.39 is 0 Å². The van der Waals surface area contributed by atoms with E-state index in [1.54, 1.807) is 31.6 Å². The monoisotopic (exact) mass is 475 g/mol. The average Bonchev–Trinajstić information content (AvgIpc) is 3.41. The molecule has 174 valence electrons. The molecule has 0 spiro atoms. The largest absolute Gasteiger partial charge is 0.493 e. The van der Waals surface area contributed by atoms with Gasteiger partial charge in [0.05, 0.1) is 37.5 Å². The number of rotatable bonds is 6. The van der Waals surface area contributed by atoms with Crippen molar-refractivity contribution in [3.8, 4) is 11.5 Å². The van der Waals surface area contributed by atoms with Crippen LogP contribution in [0.4, 0.5) is 0 Å². The number of para-hydroxylation sites is 1. The van der Waals surface area contributed by atoms with Gasteiger partial charge in [0.15, 0.2) is 11.5 Å². The van der Waals surface area contributed by atoms with E-state index in [1.165, 1.54) is 10.9 Å². The van der Waals surface area contributed by atoms with Crippen molar-refractivity contribution >= 4 is 28.1 Å². The highest BCUT2D eigenvalue weighted by atomic mass is 32.1.